The highest BCUT2D eigenvalue weighted by molar-refractivity contribution is 7.99. The van der Waals surface area contributed by atoms with Gasteiger partial charge < -0.3 is 10.6 Å². The number of benzene rings is 2. The van der Waals surface area contributed by atoms with E-state index in [1.54, 1.807) is 35.5 Å². The van der Waals surface area contributed by atoms with Crippen molar-refractivity contribution in [1.29, 1.82) is 0 Å². The molecule has 0 radical (unpaired) electrons. The molecule has 2 aromatic heterocycles. The Morgan fingerprint density at radius 2 is 1.83 bits per heavy atom. The summed E-state index contributed by atoms with van der Waals surface area (Å²) < 4.78 is 1.56. The molecule has 0 amide bonds. The summed E-state index contributed by atoms with van der Waals surface area (Å²) in [5.74, 6) is 1.41. The number of hydrogen-bond acceptors (Lipinski definition) is 7. The van der Waals surface area contributed by atoms with Crippen LogP contribution in [0, 0.1) is 6.92 Å². The molecule has 1 saturated heterocycles. The molecule has 1 unspecified atom stereocenters. The first-order valence-electron chi connectivity index (χ1n) is 12.3. The highest BCUT2D eigenvalue weighted by Crippen LogP contribution is 2.35. The standard InChI is InChI=1S/C28H27N5O2S/c1-17-14-20-15-30-28(31-21-8-6-18(7-9-21)19-10-12-29-13-11-19)32-26(20)33(27(17)35)23-16-36-24-5-3-2-4-22(24)25(23)34/h2-9,14-15,19,23,29H,10-13,16H2,1H3,(H,30,31,32). The normalized spacial score (nSPS) is 18.2. The van der Waals surface area contributed by atoms with E-state index in [9.17, 15) is 9.59 Å². The van der Waals surface area contributed by atoms with Crippen molar-refractivity contribution in [3.05, 3.63) is 87.8 Å². The molecule has 4 heterocycles. The van der Waals surface area contributed by atoms with Gasteiger partial charge in [0, 0.05) is 39.0 Å². The minimum atomic E-state index is -0.619. The summed E-state index contributed by atoms with van der Waals surface area (Å²) >= 11 is 1.59. The van der Waals surface area contributed by atoms with Crippen LogP contribution in [0.15, 0.2) is 70.5 Å². The summed E-state index contributed by atoms with van der Waals surface area (Å²) in [7, 11) is 0. The zero-order valence-corrected chi connectivity index (χ0v) is 20.8. The van der Waals surface area contributed by atoms with Crippen LogP contribution in [0.25, 0.3) is 11.0 Å². The van der Waals surface area contributed by atoms with Gasteiger partial charge in [-0.2, -0.15) is 4.98 Å². The van der Waals surface area contributed by atoms with Crippen LogP contribution in [0.1, 0.15) is 46.3 Å². The highest BCUT2D eigenvalue weighted by atomic mass is 32.2. The molecule has 2 aliphatic rings. The van der Waals surface area contributed by atoms with Gasteiger partial charge in [0.15, 0.2) is 5.78 Å². The third-order valence-electron chi connectivity index (χ3n) is 7.09. The molecule has 2 aromatic carbocycles. The average Bonchev–Trinajstić information content (AvgIpc) is 2.92. The number of rotatable bonds is 4. The molecule has 0 saturated carbocycles. The van der Waals surface area contributed by atoms with Crippen LogP contribution >= 0.6 is 11.8 Å². The largest absolute Gasteiger partial charge is 0.324 e. The Morgan fingerprint density at radius 3 is 2.64 bits per heavy atom. The summed E-state index contributed by atoms with van der Waals surface area (Å²) in [5.41, 5.74) is 3.72. The number of ketones is 1. The number of hydrogen-bond donors (Lipinski definition) is 2. The van der Waals surface area contributed by atoms with Gasteiger partial charge in [-0.1, -0.05) is 30.3 Å². The maximum atomic E-state index is 13.4. The number of aromatic nitrogens is 3. The third-order valence-corrected chi connectivity index (χ3v) is 8.24. The summed E-state index contributed by atoms with van der Waals surface area (Å²) in [6.45, 7) is 3.89. The average molecular weight is 498 g/mol. The second kappa shape index (κ2) is 9.52. The Hall–Kier alpha value is -3.49. The van der Waals surface area contributed by atoms with E-state index in [-0.39, 0.29) is 11.3 Å². The molecule has 1 fully saturated rings. The van der Waals surface area contributed by atoms with Crippen molar-refractivity contribution >= 4 is 40.2 Å². The Kier molecular flexibility index (Phi) is 6.07. The van der Waals surface area contributed by atoms with Crippen molar-refractivity contribution in [3.63, 3.8) is 0 Å². The number of fused-ring (bicyclic) bond motifs is 2. The van der Waals surface area contributed by atoms with Crippen LogP contribution in [-0.4, -0.2) is 39.2 Å². The van der Waals surface area contributed by atoms with E-state index in [4.69, 9.17) is 4.98 Å². The molecule has 0 spiro atoms. The molecule has 0 bridgehead atoms. The van der Waals surface area contributed by atoms with Crippen molar-refractivity contribution in [2.24, 2.45) is 0 Å². The minimum Gasteiger partial charge on any atom is -0.324 e. The molecule has 0 aliphatic carbocycles. The minimum absolute atomic E-state index is 0.0556. The van der Waals surface area contributed by atoms with E-state index in [2.05, 4.69) is 27.8 Å². The summed E-state index contributed by atoms with van der Waals surface area (Å²) in [6, 6.07) is 17.2. The van der Waals surface area contributed by atoms with Crippen molar-refractivity contribution < 1.29 is 4.79 Å². The van der Waals surface area contributed by atoms with E-state index in [0.29, 0.717) is 34.4 Å². The fourth-order valence-electron chi connectivity index (χ4n) is 5.14. The first-order valence-corrected chi connectivity index (χ1v) is 13.3. The van der Waals surface area contributed by atoms with Crippen molar-refractivity contribution in [1.82, 2.24) is 19.9 Å². The topological polar surface area (TPSA) is 88.9 Å². The maximum absolute atomic E-state index is 13.4. The van der Waals surface area contributed by atoms with Gasteiger partial charge in [0.05, 0.1) is 0 Å². The third kappa shape index (κ3) is 4.20. The van der Waals surface area contributed by atoms with E-state index in [0.717, 1.165) is 41.9 Å². The molecule has 36 heavy (non-hydrogen) atoms. The second-order valence-electron chi connectivity index (χ2n) is 9.43. The number of anilines is 2. The fourth-order valence-corrected chi connectivity index (χ4v) is 6.28. The van der Waals surface area contributed by atoms with E-state index in [1.165, 1.54) is 5.56 Å². The molecule has 7 nitrogen and oxygen atoms in total. The Bertz CT molecular complexity index is 1510. The van der Waals surface area contributed by atoms with Crippen LogP contribution in [-0.2, 0) is 0 Å². The van der Waals surface area contributed by atoms with Crippen molar-refractivity contribution in [2.45, 2.75) is 36.6 Å². The number of thioether (sulfide) groups is 1. The van der Waals surface area contributed by atoms with Gasteiger partial charge in [-0.15, -0.1) is 11.8 Å². The Morgan fingerprint density at radius 1 is 1.06 bits per heavy atom. The van der Waals surface area contributed by atoms with Crippen molar-refractivity contribution in [3.8, 4) is 0 Å². The zero-order valence-electron chi connectivity index (χ0n) is 20.0. The molecule has 6 rings (SSSR count). The van der Waals surface area contributed by atoms with Gasteiger partial charge in [-0.05, 0) is 68.6 Å². The van der Waals surface area contributed by atoms with E-state index in [1.807, 2.05) is 36.4 Å². The number of carbonyl (C=O) groups excluding carboxylic acids is 1. The zero-order chi connectivity index (χ0) is 24.6. The molecule has 1 atom stereocenters. The predicted molar refractivity (Wildman–Crippen MR) is 144 cm³/mol. The molecule has 2 N–H and O–H groups in total. The lowest BCUT2D eigenvalue weighted by atomic mass is 9.90. The lowest BCUT2D eigenvalue weighted by molar-refractivity contribution is 0.0932. The first-order chi connectivity index (χ1) is 17.6. The van der Waals surface area contributed by atoms with Gasteiger partial charge in [0.2, 0.25) is 5.95 Å². The van der Waals surface area contributed by atoms with Crippen LogP contribution in [0.4, 0.5) is 11.6 Å². The summed E-state index contributed by atoms with van der Waals surface area (Å²) in [4.78, 5) is 36.9. The van der Waals surface area contributed by atoms with Crippen LogP contribution in [0.2, 0.25) is 0 Å². The molecule has 2 aliphatic heterocycles. The lowest BCUT2D eigenvalue weighted by Gasteiger charge is -2.25. The van der Waals surface area contributed by atoms with Crippen molar-refractivity contribution in [2.75, 3.05) is 24.2 Å². The highest BCUT2D eigenvalue weighted by Gasteiger charge is 2.31. The number of carbonyl (C=O) groups is 1. The summed E-state index contributed by atoms with van der Waals surface area (Å²) in [5, 5.41) is 7.42. The van der Waals surface area contributed by atoms with Crippen LogP contribution in [0.3, 0.4) is 0 Å². The monoisotopic (exact) mass is 497 g/mol. The molecule has 4 aromatic rings. The maximum Gasteiger partial charge on any atom is 0.255 e. The quantitative estimate of drug-likeness (QED) is 0.417. The van der Waals surface area contributed by atoms with Gasteiger partial charge in [-0.25, -0.2) is 4.98 Å². The van der Waals surface area contributed by atoms with E-state index < -0.39 is 6.04 Å². The number of nitrogens with one attached hydrogen (secondary N) is 2. The lowest BCUT2D eigenvalue weighted by Crippen LogP contribution is -2.35. The predicted octanol–water partition coefficient (Wildman–Crippen LogP) is 4.84. The molecular weight excluding hydrogens is 470 g/mol. The van der Waals surface area contributed by atoms with Gasteiger partial charge >= 0.3 is 0 Å². The fraction of sp³-hybridized carbons (Fsp3) is 0.286. The first kappa shape index (κ1) is 22.9. The Balaban J connectivity index is 1.34. The molecular formula is C28H27N5O2S. The number of nitrogens with zero attached hydrogens (tertiary/aromatic N) is 3. The number of pyridine rings is 1. The van der Waals surface area contributed by atoms with Crippen LogP contribution in [0.5, 0.6) is 0 Å². The second-order valence-corrected chi connectivity index (χ2v) is 10.5. The molecule has 182 valence electrons. The smallest absolute Gasteiger partial charge is 0.255 e. The molecule has 8 heteroatoms. The SMILES string of the molecule is Cc1cc2cnc(Nc3ccc(C4CCNCC4)cc3)nc2n(C2CSc3ccccc3C2=O)c1=O. The summed E-state index contributed by atoms with van der Waals surface area (Å²) in [6.07, 6.45) is 4.02. The number of aryl methyl sites for hydroxylation is 1. The van der Waals surface area contributed by atoms with Gasteiger partial charge in [-0.3, -0.25) is 14.2 Å². The van der Waals surface area contributed by atoms with Crippen LogP contribution < -0.4 is 16.2 Å². The number of piperidine rings is 1. The van der Waals surface area contributed by atoms with E-state index >= 15 is 0 Å². The number of Topliss-reactive ketones (excluding diaryl/α,β-unsaturated/α-hetero) is 1. The van der Waals surface area contributed by atoms with Gasteiger partial charge in [0.1, 0.15) is 11.7 Å². The Labute approximate surface area is 213 Å². The van der Waals surface area contributed by atoms with Gasteiger partial charge in [0.25, 0.3) is 5.56 Å².